The maximum atomic E-state index is 11.0. The number of methoxy groups -OCH3 is 1. The Morgan fingerprint density at radius 1 is 0.966 bits per heavy atom. The summed E-state index contributed by atoms with van der Waals surface area (Å²) in [6, 6.07) is 20.1. The van der Waals surface area contributed by atoms with Gasteiger partial charge in [-0.15, -0.1) is 0 Å². The minimum atomic E-state index is -0.535. The van der Waals surface area contributed by atoms with Crippen LogP contribution in [0.15, 0.2) is 66.9 Å². The van der Waals surface area contributed by atoms with Crippen molar-refractivity contribution < 1.29 is 14.3 Å². The number of aryl methyl sites for hydroxylation is 2. The monoisotopic (exact) mass is 391 g/mol. The third-order valence-electron chi connectivity index (χ3n) is 4.44. The van der Waals surface area contributed by atoms with E-state index >= 15 is 0 Å². The van der Waals surface area contributed by atoms with E-state index in [2.05, 4.69) is 40.6 Å². The maximum absolute atomic E-state index is 11.0. The number of nitrogens with two attached hydrogens (primary N) is 1. The van der Waals surface area contributed by atoms with Crippen LogP contribution in [0, 0.1) is 0 Å². The number of hydrogen-bond acceptors (Lipinski definition) is 5. The Bertz CT molecular complexity index is 945. The largest absolute Gasteiger partial charge is 0.493 e. The van der Waals surface area contributed by atoms with Gasteiger partial charge in [0.2, 0.25) is 0 Å². The highest BCUT2D eigenvalue weighted by atomic mass is 16.5. The highest BCUT2D eigenvalue weighted by Gasteiger charge is 2.08. The summed E-state index contributed by atoms with van der Waals surface area (Å²) < 4.78 is 10.7. The van der Waals surface area contributed by atoms with Gasteiger partial charge in [-0.25, -0.2) is 4.98 Å². The average Bonchev–Trinajstić information content (AvgIpc) is 2.76. The molecule has 0 saturated heterocycles. The summed E-state index contributed by atoms with van der Waals surface area (Å²) >= 11 is 0. The van der Waals surface area contributed by atoms with E-state index < -0.39 is 5.91 Å². The molecule has 0 spiro atoms. The number of aromatic nitrogens is 1. The van der Waals surface area contributed by atoms with Gasteiger partial charge < -0.3 is 20.5 Å². The van der Waals surface area contributed by atoms with E-state index in [0.29, 0.717) is 18.0 Å². The molecule has 3 rings (SSSR count). The number of hydrogen-bond donors (Lipinski definition) is 2. The van der Waals surface area contributed by atoms with Crippen molar-refractivity contribution >= 4 is 11.7 Å². The zero-order valence-electron chi connectivity index (χ0n) is 16.4. The van der Waals surface area contributed by atoms with Gasteiger partial charge in [0, 0.05) is 12.7 Å². The fourth-order valence-corrected chi connectivity index (χ4v) is 2.95. The van der Waals surface area contributed by atoms with Crippen LogP contribution in [0.25, 0.3) is 0 Å². The highest BCUT2D eigenvalue weighted by molar-refractivity contribution is 5.75. The molecule has 2 aromatic carbocycles. The molecule has 0 aliphatic carbocycles. The number of pyridine rings is 1. The summed E-state index contributed by atoms with van der Waals surface area (Å²) in [7, 11) is 1.55. The minimum absolute atomic E-state index is 0.196. The Morgan fingerprint density at radius 2 is 1.76 bits per heavy atom. The van der Waals surface area contributed by atoms with Crippen LogP contribution in [0.4, 0.5) is 5.82 Å². The predicted molar refractivity (Wildman–Crippen MR) is 113 cm³/mol. The number of nitrogens with one attached hydrogen (secondary N) is 1. The second-order valence-corrected chi connectivity index (χ2v) is 6.63. The fraction of sp³-hybridized carbons (Fsp3) is 0.217. The first-order chi connectivity index (χ1) is 14.1. The summed E-state index contributed by atoms with van der Waals surface area (Å²) in [6.07, 6.45) is 3.76. The Balaban J connectivity index is 1.60. The number of ether oxygens (including phenoxy) is 2. The molecule has 0 unspecified atom stereocenters. The summed E-state index contributed by atoms with van der Waals surface area (Å²) in [6.45, 7) is 0.365. The lowest BCUT2D eigenvalue weighted by Gasteiger charge is -2.12. The van der Waals surface area contributed by atoms with Gasteiger partial charge in [0.05, 0.1) is 7.11 Å². The molecule has 6 nitrogen and oxygen atoms in total. The van der Waals surface area contributed by atoms with Crippen LogP contribution in [0.3, 0.4) is 0 Å². The van der Waals surface area contributed by atoms with Crippen molar-refractivity contribution in [3.05, 3.63) is 83.6 Å². The number of amides is 1. The van der Waals surface area contributed by atoms with Gasteiger partial charge in [-0.3, -0.25) is 4.79 Å². The fourth-order valence-electron chi connectivity index (χ4n) is 2.95. The molecule has 0 aliphatic heterocycles. The molecule has 29 heavy (non-hydrogen) atoms. The molecule has 3 N–H and O–H groups in total. The average molecular weight is 391 g/mol. The molecule has 0 saturated carbocycles. The topological polar surface area (TPSA) is 86.5 Å². The molecule has 3 aromatic rings. The summed E-state index contributed by atoms with van der Waals surface area (Å²) in [5.41, 5.74) is 8.68. The molecule has 0 radical (unpaired) electrons. The van der Waals surface area contributed by atoms with Gasteiger partial charge in [-0.2, -0.15) is 0 Å². The number of anilines is 1. The number of nitrogens with zero attached hydrogens (tertiary/aromatic N) is 1. The molecule has 0 atom stereocenters. The van der Waals surface area contributed by atoms with Crippen molar-refractivity contribution in [2.75, 3.05) is 19.0 Å². The van der Waals surface area contributed by atoms with Crippen LogP contribution in [-0.4, -0.2) is 24.6 Å². The molecular weight excluding hydrogens is 366 g/mol. The molecule has 6 heteroatoms. The van der Waals surface area contributed by atoms with Crippen LogP contribution >= 0.6 is 0 Å². The van der Waals surface area contributed by atoms with Crippen molar-refractivity contribution in [2.45, 2.75) is 19.4 Å². The van der Waals surface area contributed by atoms with Crippen LogP contribution in [-0.2, 0) is 24.2 Å². The van der Waals surface area contributed by atoms with Crippen LogP contribution < -0.4 is 20.5 Å². The van der Waals surface area contributed by atoms with E-state index in [0.717, 1.165) is 24.2 Å². The standard InChI is InChI=1S/C23H25N3O3/c1-28-20-10-9-19(13-21(20)29-16-22(24)27)15-26-23-14-18(11-12-25-23)8-7-17-5-3-2-4-6-17/h2-6,9-14H,7-8,15-16H2,1H3,(H2,24,27)(H,25,26). The lowest BCUT2D eigenvalue weighted by Crippen LogP contribution is -2.20. The molecule has 0 fully saturated rings. The van der Waals surface area contributed by atoms with Crippen LogP contribution in [0.1, 0.15) is 16.7 Å². The smallest absolute Gasteiger partial charge is 0.255 e. The summed E-state index contributed by atoms with van der Waals surface area (Å²) in [5, 5.41) is 3.33. The van der Waals surface area contributed by atoms with Crippen LogP contribution in [0.5, 0.6) is 11.5 Å². The molecule has 150 valence electrons. The highest BCUT2D eigenvalue weighted by Crippen LogP contribution is 2.28. The number of rotatable bonds is 10. The van der Waals surface area contributed by atoms with Gasteiger partial charge in [0.25, 0.3) is 5.91 Å². The molecule has 0 bridgehead atoms. The van der Waals surface area contributed by atoms with Gasteiger partial charge in [-0.1, -0.05) is 36.4 Å². The summed E-state index contributed by atoms with van der Waals surface area (Å²) in [4.78, 5) is 15.4. The van der Waals surface area contributed by atoms with E-state index in [1.54, 1.807) is 13.2 Å². The van der Waals surface area contributed by atoms with Gasteiger partial charge in [0.1, 0.15) is 5.82 Å². The molecular formula is C23H25N3O3. The third-order valence-corrected chi connectivity index (χ3v) is 4.44. The van der Waals surface area contributed by atoms with Crippen molar-refractivity contribution in [3.8, 4) is 11.5 Å². The Labute approximate surface area is 170 Å². The quantitative estimate of drug-likeness (QED) is 0.553. The molecule has 1 heterocycles. The van der Waals surface area contributed by atoms with Gasteiger partial charge in [-0.05, 0) is 53.8 Å². The maximum Gasteiger partial charge on any atom is 0.255 e. The van der Waals surface area contributed by atoms with E-state index in [4.69, 9.17) is 15.2 Å². The first kappa shape index (κ1) is 20.2. The Kier molecular flexibility index (Phi) is 7.05. The lowest BCUT2D eigenvalue weighted by molar-refractivity contribution is -0.119. The molecule has 1 aromatic heterocycles. The van der Waals surface area contributed by atoms with E-state index in [9.17, 15) is 4.79 Å². The molecule has 1 amide bonds. The summed E-state index contributed by atoms with van der Waals surface area (Å²) in [5.74, 6) is 1.31. The zero-order valence-corrected chi connectivity index (χ0v) is 16.4. The normalized spacial score (nSPS) is 10.4. The molecule has 0 aliphatic rings. The van der Waals surface area contributed by atoms with Gasteiger partial charge >= 0.3 is 0 Å². The van der Waals surface area contributed by atoms with E-state index in [1.807, 2.05) is 30.5 Å². The van der Waals surface area contributed by atoms with Crippen molar-refractivity contribution in [3.63, 3.8) is 0 Å². The van der Waals surface area contributed by atoms with E-state index in [1.165, 1.54) is 11.1 Å². The lowest BCUT2D eigenvalue weighted by atomic mass is 10.1. The zero-order chi connectivity index (χ0) is 20.5. The number of primary amides is 1. The third kappa shape index (κ3) is 6.24. The van der Waals surface area contributed by atoms with Crippen molar-refractivity contribution in [1.82, 2.24) is 4.98 Å². The number of carbonyl (C=O) groups excluding carboxylic acids is 1. The predicted octanol–water partition coefficient (Wildman–Crippen LogP) is 3.35. The number of benzene rings is 2. The first-order valence-electron chi connectivity index (χ1n) is 9.45. The van der Waals surface area contributed by atoms with Crippen molar-refractivity contribution in [2.24, 2.45) is 5.73 Å². The van der Waals surface area contributed by atoms with Crippen LogP contribution in [0.2, 0.25) is 0 Å². The van der Waals surface area contributed by atoms with Gasteiger partial charge in [0.15, 0.2) is 18.1 Å². The Morgan fingerprint density at radius 3 is 2.52 bits per heavy atom. The number of carbonyl (C=O) groups is 1. The minimum Gasteiger partial charge on any atom is -0.493 e. The Hall–Kier alpha value is -3.54. The first-order valence-corrected chi connectivity index (χ1v) is 9.45. The second-order valence-electron chi connectivity index (χ2n) is 6.63. The van der Waals surface area contributed by atoms with E-state index in [-0.39, 0.29) is 6.61 Å². The SMILES string of the molecule is COc1ccc(CNc2cc(CCc3ccccc3)ccn2)cc1OCC(N)=O. The van der Waals surface area contributed by atoms with Crippen molar-refractivity contribution in [1.29, 1.82) is 0 Å². The second kappa shape index (κ2) is 10.1.